The summed E-state index contributed by atoms with van der Waals surface area (Å²) in [6, 6.07) is 3.47. The molecular formula is C10H12O2. The third kappa shape index (κ3) is 1.47. The number of hydrogen-bond donors (Lipinski definition) is 1. The van der Waals surface area contributed by atoms with E-state index < -0.39 is 0 Å². The molecule has 0 aromatic heterocycles. The van der Waals surface area contributed by atoms with Gasteiger partial charge in [-0.2, -0.15) is 0 Å². The van der Waals surface area contributed by atoms with Crippen LogP contribution in [-0.4, -0.2) is 11.4 Å². The minimum absolute atomic E-state index is 0.213. The average molecular weight is 164 g/mol. The van der Waals surface area contributed by atoms with Crippen LogP contribution in [0, 0.1) is 13.8 Å². The molecule has 1 aromatic rings. The van der Waals surface area contributed by atoms with Crippen molar-refractivity contribution in [2.45, 2.75) is 20.3 Å². The number of phenolic OH excluding ortho intramolecular Hbond substituents is 1. The molecule has 0 saturated heterocycles. The molecule has 2 nitrogen and oxygen atoms in total. The Kier molecular flexibility index (Phi) is 2.48. The summed E-state index contributed by atoms with van der Waals surface area (Å²) in [5.41, 5.74) is 2.84. The molecule has 1 aromatic carbocycles. The minimum atomic E-state index is 0.213. The van der Waals surface area contributed by atoms with Crippen LogP contribution in [0.15, 0.2) is 12.1 Å². The van der Waals surface area contributed by atoms with E-state index in [4.69, 9.17) is 0 Å². The van der Waals surface area contributed by atoms with Crippen LogP contribution in [0.25, 0.3) is 0 Å². The molecule has 0 atom stereocenters. The first kappa shape index (κ1) is 8.78. The molecule has 1 N–H and O–H groups in total. The first-order valence-electron chi connectivity index (χ1n) is 3.88. The summed E-state index contributed by atoms with van der Waals surface area (Å²) in [6.07, 6.45) is 1.10. The van der Waals surface area contributed by atoms with Crippen LogP contribution in [0.2, 0.25) is 0 Å². The second-order valence-electron chi connectivity index (χ2n) is 2.88. The van der Waals surface area contributed by atoms with Crippen molar-refractivity contribution in [3.8, 4) is 5.75 Å². The number of phenols is 1. The first-order valence-corrected chi connectivity index (χ1v) is 3.88. The number of hydrogen-bond acceptors (Lipinski definition) is 2. The zero-order chi connectivity index (χ0) is 9.14. The predicted octanol–water partition coefficient (Wildman–Crippen LogP) is 1.75. The van der Waals surface area contributed by atoms with Gasteiger partial charge in [0.2, 0.25) is 0 Å². The number of aryl methyl sites for hydroxylation is 1. The molecule has 2 heteroatoms. The number of aldehydes is 1. The topological polar surface area (TPSA) is 37.3 Å². The van der Waals surface area contributed by atoms with Crippen molar-refractivity contribution in [1.29, 1.82) is 0 Å². The molecule has 0 fully saturated rings. The quantitative estimate of drug-likeness (QED) is 0.676. The summed E-state index contributed by atoms with van der Waals surface area (Å²) < 4.78 is 0. The third-order valence-corrected chi connectivity index (χ3v) is 2.13. The highest BCUT2D eigenvalue weighted by atomic mass is 16.3. The largest absolute Gasteiger partial charge is 0.508 e. The van der Waals surface area contributed by atoms with Crippen molar-refractivity contribution in [3.63, 3.8) is 0 Å². The lowest BCUT2D eigenvalue weighted by molar-refractivity contribution is -0.107. The molecule has 0 aliphatic carbocycles. The van der Waals surface area contributed by atoms with Gasteiger partial charge < -0.3 is 9.90 Å². The Morgan fingerprint density at radius 2 is 2.08 bits per heavy atom. The highest BCUT2D eigenvalue weighted by Gasteiger charge is 2.05. The molecule has 0 saturated carbocycles. The Morgan fingerprint density at radius 3 is 2.67 bits per heavy atom. The van der Waals surface area contributed by atoms with E-state index in [0.29, 0.717) is 6.42 Å². The molecule has 0 heterocycles. The third-order valence-electron chi connectivity index (χ3n) is 2.13. The lowest BCUT2D eigenvalue weighted by Crippen LogP contribution is -1.93. The Bertz CT molecular complexity index is 303. The minimum Gasteiger partial charge on any atom is -0.508 e. The summed E-state index contributed by atoms with van der Waals surface area (Å²) in [7, 11) is 0. The molecule has 1 rings (SSSR count). The van der Waals surface area contributed by atoms with Crippen molar-refractivity contribution in [2.24, 2.45) is 0 Å². The number of carbonyl (C=O) groups excluding carboxylic acids is 1. The normalized spacial score (nSPS) is 9.83. The van der Waals surface area contributed by atoms with Gasteiger partial charge in [0.1, 0.15) is 12.0 Å². The van der Waals surface area contributed by atoms with E-state index in [-0.39, 0.29) is 5.75 Å². The van der Waals surface area contributed by atoms with E-state index in [1.54, 1.807) is 6.07 Å². The molecule has 12 heavy (non-hydrogen) atoms. The Hall–Kier alpha value is -1.31. The lowest BCUT2D eigenvalue weighted by Gasteiger charge is -2.07. The van der Waals surface area contributed by atoms with E-state index in [2.05, 4.69) is 0 Å². The SMILES string of the molecule is Cc1ccc(O)c(CC=O)c1C. The van der Waals surface area contributed by atoms with Crippen molar-refractivity contribution < 1.29 is 9.90 Å². The van der Waals surface area contributed by atoms with Gasteiger partial charge in [-0.15, -0.1) is 0 Å². The summed E-state index contributed by atoms with van der Waals surface area (Å²) in [5, 5.41) is 9.39. The molecule has 0 aliphatic rings. The van der Waals surface area contributed by atoms with Crippen LogP contribution in [0.4, 0.5) is 0 Å². The van der Waals surface area contributed by atoms with Gasteiger partial charge in [0, 0.05) is 12.0 Å². The van der Waals surface area contributed by atoms with Crippen molar-refractivity contribution in [2.75, 3.05) is 0 Å². The zero-order valence-electron chi connectivity index (χ0n) is 7.29. The molecule has 0 spiro atoms. The van der Waals surface area contributed by atoms with Crippen LogP contribution in [0.3, 0.4) is 0 Å². The number of rotatable bonds is 2. The maximum Gasteiger partial charge on any atom is 0.124 e. The summed E-state index contributed by atoms with van der Waals surface area (Å²) in [6.45, 7) is 3.87. The molecule has 0 aliphatic heterocycles. The molecule has 0 bridgehead atoms. The molecular weight excluding hydrogens is 152 g/mol. The van der Waals surface area contributed by atoms with Gasteiger partial charge >= 0.3 is 0 Å². The highest BCUT2D eigenvalue weighted by molar-refractivity contribution is 5.59. The summed E-state index contributed by atoms with van der Waals surface area (Å²) >= 11 is 0. The fraction of sp³-hybridized carbons (Fsp3) is 0.300. The maximum atomic E-state index is 10.3. The Labute approximate surface area is 71.8 Å². The second-order valence-corrected chi connectivity index (χ2v) is 2.88. The molecule has 0 radical (unpaired) electrons. The lowest BCUT2D eigenvalue weighted by atomic mass is 10.0. The van der Waals surface area contributed by atoms with E-state index in [1.807, 2.05) is 19.9 Å². The molecule has 0 amide bonds. The van der Waals surface area contributed by atoms with Crippen LogP contribution in [-0.2, 0) is 11.2 Å². The molecule has 64 valence electrons. The number of carbonyl (C=O) groups is 1. The van der Waals surface area contributed by atoms with E-state index in [9.17, 15) is 9.90 Å². The smallest absolute Gasteiger partial charge is 0.124 e. The van der Waals surface area contributed by atoms with E-state index in [1.165, 1.54) is 0 Å². The first-order chi connectivity index (χ1) is 5.66. The Morgan fingerprint density at radius 1 is 1.42 bits per heavy atom. The fourth-order valence-electron chi connectivity index (χ4n) is 1.20. The van der Waals surface area contributed by atoms with Crippen molar-refractivity contribution in [1.82, 2.24) is 0 Å². The second kappa shape index (κ2) is 3.39. The fourth-order valence-corrected chi connectivity index (χ4v) is 1.20. The van der Waals surface area contributed by atoms with Crippen LogP contribution < -0.4 is 0 Å². The van der Waals surface area contributed by atoms with Gasteiger partial charge in [0.05, 0.1) is 0 Å². The molecule has 0 unspecified atom stereocenters. The van der Waals surface area contributed by atoms with E-state index in [0.717, 1.165) is 23.0 Å². The number of benzene rings is 1. The predicted molar refractivity (Wildman–Crippen MR) is 47.3 cm³/mol. The van der Waals surface area contributed by atoms with E-state index >= 15 is 0 Å². The number of aromatic hydroxyl groups is 1. The van der Waals surface area contributed by atoms with Gasteiger partial charge in [-0.1, -0.05) is 6.07 Å². The Balaban J connectivity index is 3.22. The van der Waals surface area contributed by atoms with Gasteiger partial charge in [-0.05, 0) is 31.0 Å². The van der Waals surface area contributed by atoms with Gasteiger partial charge in [-0.3, -0.25) is 0 Å². The standard InChI is InChI=1S/C10H12O2/c1-7-3-4-10(12)9(5-6-11)8(7)2/h3-4,6,12H,5H2,1-2H3. The highest BCUT2D eigenvalue weighted by Crippen LogP contribution is 2.23. The van der Waals surface area contributed by atoms with Crippen molar-refractivity contribution >= 4 is 6.29 Å². The summed E-state index contributed by atoms with van der Waals surface area (Å²) in [5.74, 6) is 0.213. The average Bonchev–Trinajstić information content (AvgIpc) is 2.06. The van der Waals surface area contributed by atoms with Crippen molar-refractivity contribution in [3.05, 3.63) is 28.8 Å². The van der Waals surface area contributed by atoms with Gasteiger partial charge in [0.15, 0.2) is 0 Å². The van der Waals surface area contributed by atoms with Crippen LogP contribution in [0.5, 0.6) is 5.75 Å². The monoisotopic (exact) mass is 164 g/mol. The zero-order valence-corrected chi connectivity index (χ0v) is 7.29. The van der Waals surface area contributed by atoms with Crippen LogP contribution >= 0.6 is 0 Å². The maximum absolute atomic E-state index is 10.3. The summed E-state index contributed by atoms with van der Waals surface area (Å²) in [4.78, 5) is 10.3. The van der Waals surface area contributed by atoms with Gasteiger partial charge in [-0.25, -0.2) is 0 Å². The van der Waals surface area contributed by atoms with Gasteiger partial charge in [0.25, 0.3) is 0 Å². The van der Waals surface area contributed by atoms with Crippen LogP contribution in [0.1, 0.15) is 16.7 Å².